The highest BCUT2D eigenvalue weighted by atomic mass is 19.3. The minimum Gasteiger partial charge on any atom is -0.460 e. The first-order chi connectivity index (χ1) is 6.54. The molecule has 84 valence electrons. The molecule has 0 aliphatic rings. The minimum atomic E-state index is -3.88. The van der Waals surface area contributed by atoms with Crippen LogP contribution in [0, 0.1) is 0 Å². The fourth-order valence-electron chi connectivity index (χ4n) is 0.647. The second kappa shape index (κ2) is 6.67. The fraction of sp³-hybridized carbons (Fsp3) is 0.875. The highest BCUT2D eigenvalue weighted by molar-refractivity contribution is 5.75. The van der Waals surface area contributed by atoms with Crippen LogP contribution in [0.5, 0.6) is 0 Å². The smallest absolute Gasteiger partial charge is 0.456 e. The lowest BCUT2D eigenvalue weighted by molar-refractivity contribution is -0.252. The second-order valence-electron chi connectivity index (χ2n) is 2.28. The Balaban J connectivity index is 3.76. The zero-order valence-corrected chi connectivity index (χ0v) is 8.22. The number of hydrogen-bond donors (Lipinski definition) is 0. The average molecular weight is 212 g/mol. The Labute approximate surface area is 81.1 Å². The van der Waals surface area contributed by atoms with Crippen molar-refractivity contribution in [3.63, 3.8) is 0 Å². The van der Waals surface area contributed by atoms with Gasteiger partial charge in [0.2, 0.25) is 0 Å². The Morgan fingerprint density at radius 2 is 1.86 bits per heavy atom. The first kappa shape index (κ1) is 13.2. The molecule has 14 heavy (non-hydrogen) atoms. The van der Waals surface area contributed by atoms with Crippen molar-refractivity contribution in [1.29, 1.82) is 0 Å². The molecule has 0 aromatic rings. The van der Waals surface area contributed by atoms with E-state index in [2.05, 4.69) is 9.47 Å². The number of esters is 1. The molecule has 4 nitrogen and oxygen atoms in total. The van der Waals surface area contributed by atoms with E-state index in [0.29, 0.717) is 6.61 Å². The van der Waals surface area contributed by atoms with Crippen molar-refractivity contribution in [3.05, 3.63) is 0 Å². The third kappa shape index (κ3) is 5.08. The fourth-order valence-corrected chi connectivity index (χ4v) is 0.647. The van der Waals surface area contributed by atoms with Gasteiger partial charge < -0.3 is 14.2 Å². The van der Waals surface area contributed by atoms with Crippen molar-refractivity contribution in [2.45, 2.75) is 20.0 Å². The SMILES string of the molecule is CCOCCOC(F)(F)C(=O)OCC. The Hall–Kier alpha value is -0.750. The summed E-state index contributed by atoms with van der Waals surface area (Å²) in [5.41, 5.74) is 0. The number of rotatable bonds is 7. The van der Waals surface area contributed by atoms with Gasteiger partial charge in [-0.1, -0.05) is 0 Å². The summed E-state index contributed by atoms with van der Waals surface area (Å²) in [5, 5.41) is 0. The van der Waals surface area contributed by atoms with E-state index >= 15 is 0 Å². The molecule has 0 N–H and O–H groups in total. The van der Waals surface area contributed by atoms with Gasteiger partial charge in [-0.05, 0) is 13.8 Å². The van der Waals surface area contributed by atoms with Gasteiger partial charge in [0.05, 0.1) is 19.8 Å². The van der Waals surface area contributed by atoms with E-state index in [1.807, 2.05) is 0 Å². The molecule has 0 atom stereocenters. The van der Waals surface area contributed by atoms with E-state index in [9.17, 15) is 13.6 Å². The van der Waals surface area contributed by atoms with Crippen molar-refractivity contribution in [2.75, 3.05) is 26.4 Å². The molecule has 0 amide bonds. The van der Waals surface area contributed by atoms with Gasteiger partial charge in [-0.25, -0.2) is 4.79 Å². The number of carbonyl (C=O) groups excluding carboxylic acids is 1. The van der Waals surface area contributed by atoms with E-state index in [4.69, 9.17) is 4.74 Å². The summed E-state index contributed by atoms with van der Waals surface area (Å²) in [5.74, 6) is -1.67. The third-order valence-electron chi connectivity index (χ3n) is 1.23. The summed E-state index contributed by atoms with van der Waals surface area (Å²) < 4.78 is 38.2. The van der Waals surface area contributed by atoms with Crippen LogP contribution in [0.1, 0.15) is 13.8 Å². The van der Waals surface area contributed by atoms with Gasteiger partial charge in [-0.3, -0.25) is 0 Å². The normalized spacial score (nSPS) is 11.4. The molecule has 0 aliphatic heterocycles. The van der Waals surface area contributed by atoms with Crippen molar-refractivity contribution in [3.8, 4) is 0 Å². The summed E-state index contributed by atoms with van der Waals surface area (Å²) in [7, 11) is 0. The molecule has 0 radical (unpaired) electrons. The Morgan fingerprint density at radius 3 is 2.36 bits per heavy atom. The first-order valence-electron chi connectivity index (χ1n) is 4.31. The molecule has 0 aromatic carbocycles. The second-order valence-corrected chi connectivity index (χ2v) is 2.28. The number of ether oxygens (including phenoxy) is 3. The van der Waals surface area contributed by atoms with Gasteiger partial charge in [0.25, 0.3) is 0 Å². The van der Waals surface area contributed by atoms with E-state index in [-0.39, 0.29) is 19.8 Å². The van der Waals surface area contributed by atoms with Crippen molar-refractivity contribution >= 4 is 5.97 Å². The summed E-state index contributed by atoms with van der Waals surface area (Å²) in [6.45, 7) is 3.14. The molecule has 0 saturated heterocycles. The zero-order chi connectivity index (χ0) is 11.0. The standard InChI is InChI=1S/C8H14F2O4/c1-3-12-5-6-14-8(9,10)7(11)13-4-2/h3-6H2,1-2H3. The first-order valence-corrected chi connectivity index (χ1v) is 4.31. The minimum absolute atomic E-state index is 0.0193. The van der Waals surface area contributed by atoms with Gasteiger partial charge in [0, 0.05) is 6.61 Å². The van der Waals surface area contributed by atoms with Crippen LogP contribution in [-0.4, -0.2) is 38.5 Å². The largest absolute Gasteiger partial charge is 0.460 e. The van der Waals surface area contributed by atoms with Crippen LogP contribution in [-0.2, 0) is 19.0 Å². The van der Waals surface area contributed by atoms with Gasteiger partial charge in [-0.15, -0.1) is 0 Å². The maximum atomic E-state index is 12.7. The number of carbonyl (C=O) groups is 1. The summed E-state index contributed by atoms with van der Waals surface area (Å²) in [6, 6.07) is 0. The van der Waals surface area contributed by atoms with E-state index in [0.717, 1.165) is 0 Å². The quantitative estimate of drug-likeness (QED) is 0.469. The predicted octanol–water partition coefficient (Wildman–Crippen LogP) is 1.20. The molecule has 0 unspecified atom stereocenters. The summed E-state index contributed by atoms with van der Waals surface area (Å²) in [6.07, 6.45) is -3.88. The number of hydrogen-bond acceptors (Lipinski definition) is 4. The summed E-state index contributed by atoms with van der Waals surface area (Å²) >= 11 is 0. The molecule has 0 heterocycles. The van der Waals surface area contributed by atoms with Crippen molar-refractivity contribution in [1.82, 2.24) is 0 Å². The molecule has 0 aromatic heterocycles. The lowest BCUT2D eigenvalue weighted by Gasteiger charge is -2.14. The van der Waals surface area contributed by atoms with Crippen LogP contribution in [0.4, 0.5) is 8.78 Å². The van der Waals surface area contributed by atoms with Crippen LogP contribution in [0.25, 0.3) is 0 Å². The molecule has 0 fully saturated rings. The van der Waals surface area contributed by atoms with Crippen LogP contribution in [0.2, 0.25) is 0 Å². The van der Waals surface area contributed by atoms with E-state index in [1.165, 1.54) is 6.92 Å². The predicted molar refractivity (Wildman–Crippen MR) is 44.0 cm³/mol. The Kier molecular flexibility index (Phi) is 6.31. The van der Waals surface area contributed by atoms with E-state index < -0.39 is 12.1 Å². The van der Waals surface area contributed by atoms with Gasteiger partial charge in [-0.2, -0.15) is 8.78 Å². The molecular weight excluding hydrogens is 198 g/mol. The Morgan fingerprint density at radius 1 is 1.21 bits per heavy atom. The van der Waals surface area contributed by atoms with Crippen LogP contribution in [0.3, 0.4) is 0 Å². The van der Waals surface area contributed by atoms with Crippen LogP contribution >= 0.6 is 0 Å². The molecule has 0 rings (SSSR count). The topological polar surface area (TPSA) is 44.8 Å². The van der Waals surface area contributed by atoms with E-state index in [1.54, 1.807) is 6.92 Å². The van der Waals surface area contributed by atoms with Gasteiger partial charge >= 0.3 is 12.1 Å². The molecular formula is C8H14F2O4. The van der Waals surface area contributed by atoms with Crippen molar-refractivity contribution < 1.29 is 27.8 Å². The zero-order valence-electron chi connectivity index (χ0n) is 8.22. The Bertz CT molecular complexity index is 173. The highest BCUT2D eigenvalue weighted by Crippen LogP contribution is 2.16. The molecule has 0 bridgehead atoms. The monoisotopic (exact) mass is 212 g/mol. The molecule has 0 spiro atoms. The lowest BCUT2D eigenvalue weighted by Crippen LogP contribution is -2.35. The average Bonchev–Trinajstić information content (AvgIpc) is 2.13. The van der Waals surface area contributed by atoms with Gasteiger partial charge in [0.15, 0.2) is 0 Å². The number of alkyl halides is 2. The lowest BCUT2D eigenvalue weighted by atomic mass is 10.6. The number of halogens is 2. The maximum absolute atomic E-state index is 12.7. The van der Waals surface area contributed by atoms with Crippen LogP contribution < -0.4 is 0 Å². The molecule has 0 saturated carbocycles. The maximum Gasteiger partial charge on any atom is 0.456 e. The van der Waals surface area contributed by atoms with Crippen LogP contribution in [0.15, 0.2) is 0 Å². The van der Waals surface area contributed by atoms with Gasteiger partial charge in [0.1, 0.15) is 0 Å². The molecule has 6 heteroatoms. The summed E-state index contributed by atoms with van der Waals surface area (Å²) in [4.78, 5) is 10.6. The molecule has 0 aliphatic carbocycles. The van der Waals surface area contributed by atoms with Crippen molar-refractivity contribution in [2.24, 2.45) is 0 Å². The third-order valence-corrected chi connectivity index (χ3v) is 1.23. The highest BCUT2D eigenvalue weighted by Gasteiger charge is 2.42.